The molecule has 0 unspecified atom stereocenters. The Balaban J connectivity index is 0.000000107. The predicted octanol–water partition coefficient (Wildman–Crippen LogP) is 23.7. The summed E-state index contributed by atoms with van der Waals surface area (Å²) in [6, 6.07) is 84.5. The van der Waals surface area contributed by atoms with Crippen molar-refractivity contribution in [3.8, 4) is 112 Å². The Bertz CT molecular complexity index is 6270. The smallest absolute Gasteiger partial charge is 0.135 e. The molecule has 10 heterocycles. The molecule has 0 spiro atoms. The van der Waals surface area contributed by atoms with Crippen molar-refractivity contribution in [2.75, 3.05) is 0 Å². The Hall–Kier alpha value is -13.9. The second kappa shape index (κ2) is 33.1. The van der Waals surface area contributed by atoms with Crippen LogP contribution in [-0.2, 0) is 32.7 Å². The van der Waals surface area contributed by atoms with Crippen molar-refractivity contribution in [1.82, 2.24) is 24.9 Å². The summed E-state index contributed by atoms with van der Waals surface area (Å²) in [5.74, 6) is -1.43. The molecule has 20 rings (SSSR count). The minimum atomic E-state index is -0.618. The lowest BCUT2D eigenvalue weighted by atomic mass is 9.95. The maximum Gasteiger partial charge on any atom is 0.135 e. The topological polar surface area (TPSA) is 126 Å². The quantitative estimate of drug-likeness (QED) is 0.135. The van der Waals surface area contributed by atoms with Gasteiger partial charge in [0.25, 0.3) is 0 Å². The molecule has 10 aromatic carbocycles. The molecule has 0 bridgehead atoms. The highest BCUT2D eigenvalue weighted by molar-refractivity contribution is 5.94. The van der Waals surface area contributed by atoms with Crippen LogP contribution in [0, 0.1) is 52.1 Å². The first-order valence-corrected chi connectivity index (χ1v) is 37.6. The van der Waals surface area contributed by atoms with E-state index in [0.717, 1.165) is 116 Å². The van der Waals surface area contributed by atoms with E-state index in [9.17, 15) is 13.2 Å². The fourth-order valence-corrected chi connectivity index (χ4v) is 14.7. The summed E-state index contributed by atoms with van der Waals surface area (Å²) in [4.78, 5) is 44.3. The number of fused-ring (bicyclic) bond motifs is 5. The second-order valence-electron chi connectivity index (χ2n) is 28.6. The molecule has 0 atom stereocenters. The molecule has 5 aromatic heterocycles. The number of halogens is 3. The van der Waals surface area contributed by atoms with Gasteiger partial charge in [-0.25, -0.2) is 13.2 Å². The van der Waals surface area contributed by atoms with Gasteiger partial charge in [-0.3, -0.25) is 49.9 Å². The SMILES string of the molecule is Cc1cc(C)cc(-c2ncccc2-c2ccc3c(c2)C=NC3)c1.Cc1ccc(-c2ncccc2-c2ccc3c(c2)C=NC3)cc1.Cc1ccc(-c2ncccc2-c2ccc3c(c2)C=NC3)cc1F.Cc1cccc(-c2ncccc2-c2ccc3c(c2)C=NC3)c1.Fc1ccc(-c2ncccc2-c2ccc3c(c2)C=NC3)c(F)c1. The fourth-order valence-electron chi connectivity index (χ4n) is 14.7. The molecular formula is C100H77F3N10. The van der Waals surface area contributed by atoms with Crippen molar-refractivity contribution >= 4 is 31.1 Å². The maximum atomic E-state index is 14.2. The number of hydrogen-bond donors (Lipinski definition) is 0. The third-order valence-electron chi connectivity index (χ3n) is 20.5. The van der Waals surface area contributed by atoms with Crippen LogP contribution in [0.3, 0.4) is 0 Å². The van der Waals surface area contributed by atoms with Crippen LogP contribution in [0.2, 0.25) is 0 Å². The molecule has 0 fully saturated rings. The highest BCUT2D eigenvalue weighted by atomic mass is 19.1. The van der Waals surface area contributed by atoms with Crippen molar-refractivity contribution in [3.63, 3.8) is 0 Å². The predicted molar refractivity (Wildman–Crippen MR) is 456 cm³/mol. The Morgan fingerprint density at radius 1 is 0.221 bits per heavy atom. The van der Waals surface area contributed by atoms with Crippen LogP contribution in [0.15, 0.2) is 311 Å². The summed E-state index contributed by atoms with van der Waals surface area (Å²) in [5.41, 5.74) is 37.7. The summed E-state index contributed by atoms with van der Waals surface area (Å²) < 4.78 is 41.2. The number of aliphatic imine (C=N–C) groups is 5. The molecule has 0 saturated heterocycles. The number of aryl methyl sites for hydroxylation is 5. The lowest BCUT2D eigenvalue weighted by Crippen LogP contribution is -1.94. The first kappa shape index (κ1) is 73.2. The third-order valence-corrected chi connectivity index (χ3v) is 20.5. The largest absolute Gasteiger partial charge is 0.288 e. The van der Waals surface area contributed by atoms with Crippen LogP contribution < -0.4 is 0 Å². The van der Waals surface area contributed by atoms with Crippen LogP contribution in [-0.4, -0.2) is 56.0 Å². The number of benzene rings is 10. The second-order valence-corrected chi connectivity index (χ2v) is 28.6. The lowest BCUT2D eigenvalue weighted by Gasteiger charge is -2.11. The van der Waals surface area contributed by atoms with Gasteiger partial charge in [0, 0.05) is 124 Å². The van der Waals surface area contributed by atoms with E-state index in [2.05, 4.69) is 235 Å². The van der Waals surface area contributed by atoms with Gasteiger partial charge < -0.3 is 0 Å². The Morgan fingerprint density at radius 2 is 0.558 bits per heavy atom. The Labute approximate surface area is 656 Å². The third kappa shape index (κ3) is 16.5. The molecule has 0 saturated carbocycles. The number of rotatable bonds is 10. The van der Waals surface area contributed by atoms with Crippen molar-refractivity contribution in [2.45, 2.75) is 67.3 Å². The van der Waals surface area contributed by atoms with Crippen molar-refractivity contribution in [1.29, 1.82) is 0 Å². The minimum absolute atomic E-state index is 0.208. The summed E-state index contributed by atoms with van der Waals surface area (Å²) in [6.45, 7) is 14.1. The van der Waals surface area contributed by atoms with Crippen molar-refractivity contribution in [3.05, 3.63) is 387 Å². The van der Waals surface area contributed by atoms with Gasteiger partial charge in [-0.2, -0.15) is 0 Å². The average Bonchev–Trinajstić information content (AvgIpc) is 1.78. The number of aromatic nitrogens is 5. The van der Waals surface area contributed by atoms with E-state index in [1.54, 1.807) is 31.5 Å². The van der Waals surface area contributed by atoms with Crippen molar-refractivity contribution in [2.24, 2.45) is 25.0 Å². The number of hydrogen-bond acceptors (Lipinski definition) is 10. The lowest BCUT2D eigenvalue weighted by molar-refractivity contribution is 0.585. The molecule has 13 heteroatoms. The maximum absolute atomic E-state index is 14.2. The Kier molecular flexibility index (Phi) is 21.5. The normalized spacial score (nSPS) is 12.4. The van der Waals surface area contributed by atoms with E-state index in [1.807, 2.05) is 116 Å². The molecule has 10 nitrogen and oxygen atoms in total. The molecule has 15 aromatic rings. The molecule has 0 amide bonds. The first-order chi connectivity index (χ1) is 55.3. The molecule has 113 heavy (non-hydrogen) atoms. The number of pyridine rings is 5. The van der Waals surface area contributed by atoms with Crippen LogP contribution >= 0.6 is 0 Å². The van der Waals surface area contributed by atoms with E-state index >= 15 is 0 Å². The Morgan fingerprint density at radius 3 is 0.938 bits per heavy atom. The molecule has 5 aliphatic heterocycles. The van der Waals surface area contributed by atoms with Gasteiger partial charge in [-0.1, -0.05) is 174 Å². The van der Waals surface area contributed by atoms with Gasteiger partial charge in [0.1, 0.15) is 17.5 Å². The fraction of sp³-hybridized carbons (Fsp3) is 0.100. The molecule has 548 valence electrons. The zero-order chi connectivity index (χ0) is 77.3. The summed E-state index contributed by atoms with van der Waals surface area (Å²) >= 11 is 0. The molecular weight excluding hydrogens is 1400 g/mol. The highest BCUT2D eigenvalue weighted by Gasteiger charge is 2.20. The van der Waals surface area contributed by atoms with Gasteiger partial charge >= 0.3 is 0 Å². The van der Waals surface area contributed by atoms with E-state index < -0.39 is 11.6 Å². The van der Waals surface area contributed by atoms with E-state index in [-0.39, 0.29) is 11.4 Å². The van der Waals surface area contributed by atoms with Gasteiger partial charge in [0.05, 0.1) is 61.2 Å². The summed E-state index contributed by atoms with van der Waals surface area (Å²) in [5, 5.41) is 0. The summed E-state index contributed by atoms with van der Waals surface area (Å²) in [7, 11) is 0. The average molecular weight is 1480 g/mol. The molecule has 0 aliphatic carbocycles. The zero-order valence-corrected chi connectivity index (χ0v) is 63.2. The monoisotopic (exact) mass is 1470 g/mol. The zero-order valence-electron chi connectivity index (χ0n) is 63.2. The van der Waals surface area contributed by atoms with Gasteiger partial charge in [0.15, 0.2) is 0 Å². The van der Waals surface area contributed by atoms with E-state index in [1.165, 1.54) is 107 Å². The van der Waals surface area contributed by atoms with Crippen LogP contribution in [0.25, 0.3) is 112 Å². The standard InChI is InChI=1S/C21H18N2.C20H15FN2.2C20H16N2.C19H12F2N2/c1-14-8-15(2)10-18(9-14)21-20(4-3-7-23-21)16-5-6-17-12-22-13-19(17)11-16;1-13-4-5-15(10-19(13)21)20-18(3-2-8-23-20)14-6-7-16-11-22-12-17(16)9-14;1-14-4-2-5-16(10-14)20-19(6-3-9-22-20)15-7-8-17-12-21-13-18(17)11-15;1-14-4-6-15(7-5-14)20-19(3-2-10-22-20)16-8-9-17-12-21-13-18(17)11-16;20-15-5-6-17(18(21)9-15)19-16(2-1-7-23-19)12-3-4-13-10-22-11-14(13)8-12/h3-11,13H,12H2,1-2H3;2-10,12H,11H2,1H3;2*2-11,13H,12H2,1H3;1-9,11H,10H2. The van der Waals surface area contributed by atoms with Crippen LogP contribution in [0.4, 0.5) is 13.2 Å². The first-order valence-electron chi connectivity index (χ1n) is 37.6. The van der Waals surface area contributed by atoms with Crippen molar-refractivity contribution < 1.29 is 13.2 Å². The highest BCUT2D eigenvalue weighted by Crippen LogP contribution is 2.39. The van der Waals surface area contributed by atoms with Gasteiger partial charge in [0.2, 0.25) is 0 Å². The van der Waals surface area contributed by atoms with Gasteiger partial charge in [-0.05, 0) is 221 Å². The molecule has 5 aliphatic rings. The van der Waals surface area contributed by atoms with Gasteiger partial charge in [-0.15, -0.1) is 0 Å². The van der Waals surface area contributed by atoms with E-state index in [4.69, 9.17) is 0 Å². The molecule has 0 N–H and O–H groups in total. The van der Waals surface area contributed by atoms with Crippen LogP contribution in [0.1, 0.15) is 83.5 Å². The number of nitrogens with zero attached hydrogens (tertiary/aromatic N) is 10. The summed E-state index contributed by atoms with van der Waals surface area (Å²) in [6.07, 6.45) is 18.6. The van der Waals surface area contributed by atoms with Crippen LogP contribution in [0.5, 0.6) is 0 Å². The molecule has 0 radical (unpaired) electrons. The minimum Gasteiger partial charge on any atom is -0.288 e. The van der Waals surface area contributed by atoms with E-state index in [0.29, 0.717) is 17.8 Å².